The second-order valence-corrected chi connectivity index (χ2v) is 5.88. The molecule has 1 heterocycles. The lowest BCUT2D eigenvalue weighted by Gasteiger charge is -2.21. The minimum Gasteiger partial charge on any atom is -0.484 e. The zero-order chi connectivity index (χ0) is 14.2. The van der Waals surface area contributed by atoms with Crippen LogP contribution in [0.5, 0.6) is 5.75 Å². The minimum atomic E-state index is -0.373. The van der Waals surface area contributed by atoms with Crippen molar-refractivity contribution in [2.75, 3.05) is 0 Å². The van der Waals surface area contributed by atoms with E-state index in [0.717, 1.165) is 49.2 Å². The molecule has 0 bridgehead atoms. The van der Waals surface area contributed by atoms with Gasteiger partial charge in [0.1, 0.15) is 5.75 Å². The number of aryl methyl sites for hydroxylation is 1. The van der Waals surface area contributed by atoms with Gasteiger partial charge in [0.2, 0.25) is 0 Å². The largest absolute Gasteiger partial charge is 0.484 e. The summed E-state index contributed by atoms with van der Waals surface area (Å²) in [5.41, 5.74) is 2.21. The lowest BCUT2D eigenvalue weighted by atomic mass is 9.89. The molecule has 5 heteroatoms. The third-order valence-electron chi connectivity index (χ3n) is 4.19. The molecule has 1 aromatic heterocycles. The predicted octanol–water partition coefficient (Wildman–Crippen LogP) is 2.90. The fourth-order valence-electron chi connectivity index (χ4n) is 2.82. The van der Waals surface area contributed by atoms with Crippen molar-refractivity contribution in [3.63, 3.8) is 0 Å². The van der Waals surface area contributed by atoms with Gasteiger partial charge in [-0.25, -0.2) is 0 Å². The predicted molar refractivity (Wildman–Crippen MR) is 74.9 cm³/mol. The summed E-state index contributed by atoms with van der Waals surface area (Å²) in [5, 5.41) is 14.0. The first-order chi connectivity index (χ1) is 10.3. The smallest absolute Gasteiger partial charge is 0.264 e. The Hall–Kier alpha value is -1.88. The van der Waals surface area contributed by atoms with Crippen LogP contribution in [0, 0.1) is 0 Å². The number of aromatic nitrogens is 2. The van der Waals surface area contributed by atoms with Crippen molar-refractivity contribution in [1.29, 1.82) is 0 Å². The molecule has 1 aromatic carbocycles. The Labute approximate surface area is 122 Å². The van der Waals surface area contributed by atoms with Gasteiger partial charge in [0, 0.05) is 5.92 Å². The second kappa shape index (κ2) is 5.15. The van der Waals surface area contributed by atoms with Gasteiger partial charge in [0.15, 0.2) is 12.4 Å². The topological polar surface area (TPSA) is 68.4 Å². The molecule has 21 heavy (non-hydrogen) atoms. The van der Waals surface area contributed by atoms with Gasteiger partial charge < -0.3 is 14.4 Å². The molecule has 1 unspecified atom stereocenters. The molecule has 0 radical (unpaired) electrons. The van der Waals surface area contributed by atoms with Gasteiger partial charge in [-0.1, -0.05) is 11.2 Å². The SMILES string of the molecule is OC1CCCc2ccc(OCc3nc(C4CC4)no3)cc21. The standard InChI is InChI=1S/C16H18N2O3/c19-14-3-1-2-10-6-7-12(8-13(10)14)20-9-15-17-16(18-21-15)11-4-5-11/h6-8,11,14,19H,1-5,9H2. The van der Waals surface area contributed by atoms with Crippen molar-refractivity contribution in [3.8, 4) is 5.75 Å². The van der Waals surface area contributed by atoms with Crippen molar-refractivity contribution in [3.05, 3.63) is 41.0 Å². The molecule has 110 valence electrons. The van der Waals surface area contributed by atoms with Crippen molar-refractivity contribution in [2.24, 2.45) is 0 Å². The van der Waals surface area contributed by atoms with Gasteiger partial charge in [0.05, 0.1) is 6.10 Å². The third kappa shape index (κ3) is 2.65. The van der Waals surface area contributed by atoms with Crippen molar-refractivity contribution < 1.29 is 14.4 Å². The van der Waals surface area contributed by atoms with Gasteiger partial charge in [-0.15, -0.1) is 0 Å². The summed E-state index contributed by atoms with van der Waals surface area (Å²) in [7, 11) is 0. The van der Waals surface area contributed by atoms with Crippen molar-refractivity contribution >= 4 is 0 Å². The molecule has 1 fully saturated rings. The van der Waals surface area contributed by atoms with E-state index in [-0.39, 0.29) is 12.7 Å². The van der Waals surface area contributed by atoms with Crippen LogP contribution >= 0.6 is 0 Å². The number of aliphatic hydroxyl groups is 1. The quantitative estimate of drug-likeness (QED) is 0.936. The van der Waals surface area contributed by atoms with Crippen molar-refractivity contribution in [2.45, 2.75) is 50.7 Å². The van der Waals surface area contributed by atoms with E-state index >= 15 is 0 Å². The Morgan fingerprint density at radius 3 is 3.05 bits per heavy atom. The number of benzene rings is 1. The number of aliphatic hydroxyl groups excluding tert-OH is 1. The first-order valence-corrected chi connectivity index (χ1v) is 7.56. The Morgan fingerprint density at radius 1 is 1.29 bits per heavy atom. The average Bonchev–Trinajstić information content (AvgIpc) is 3.25. The fourth-order valence-corrected chi connectivity index (χ4v) is 2.82. The summed E-state index contributed by atoms with van der Waals surface area (Å²) >= 11 is 0. The Bertz CT molecular complexity index is 649. The number of ether oxygens (including phenoxy) is 1. The van der Waals surface area contributed by atoms with Crippen LogP contribution in [0.3, 0.4) is 0 Å². The van der Waals surface area contributed by atoms with Crippen LogP contribution in [0.1, 0.15) is 60.5 Å². The van der Waals surface area contributed by atoms with E-state index in [9.17, 15) is 5.11 Å². The molecule has 0 aliphatic heterocycles. The van der Waals surface area contributed by atoms with Gasteiger partial charge in [-0.3, -0.25) is 0 Å². The maximum Gasteiger partial charge on any atom is 0.264 e. The Kier molecular flexibility index (Phi) is 3.15. The molecule has 2 aromatic rings. The molecule has 4 rings (SSSR count). The zero-order valence-electron chi connectivity index (χ0n) is 11.8. The molecule has 0 spiro atoms. The van der Waals surface area contributed by atoms with Gasteiger partial charge >= 0.3 is 0 Å². The van der Waals surface area contributed by atoms with E-state index in [4.69, 9.17) is 9.26 Å². The van der Waals surface area contributed by atoms with E-state index < -0.39 is 0 Å². The summed E-state index contributed by atoms with van der Waals surface area (Å²) in [4.78, 5) is 4.34. The van der Waals surface area contributed by atoms with Crippen LogP contribution in [0.25, 0.3) is 0 Å². The summed E-state index contributed by atoms with van der Waals surface area (Å²) in [6.45, 7) is 0.272. The highest BCUT2D eigenvalue weighted by atomic mass is 16.5. The van der Waals surface area contributed by atoms with Crippen LogP contribution in [-0.2, 0) is 13.0 Å². The minimum absolute atomic E-state index is 0.272. The molecule has 1 N–H and O–H groups in total. The molecular weight excluding hydrogens is 268 g/mol. The summed E-state index contributed by atoms with van der Waals surface area (Å²) < 4.78 is 10.9. The number of hydrogen-bond acceptors (Lipinski definition) is 5. The first kappa shape index (κ1) is 12.8. The summed E-state index contributed by atoms with van der Waals surface area (Å²) in [6, 6.07) is 5.91. The molecule has 0 saturated heterocycles. The first-order valence-electron chi connectivity index (χ1n) is 7.56. The molecule has 1 saturated carbocycles. The highest BCUT2D eigenvalue weighted by molar-refractivity contribution is 5.38. The zero-order valence-corrected chi connectivity index (χ0v) is 11.8. The second-order valence-electron chi connectivity index (χ2n) is 5.88. The normalized spacial score (nSPS) is 21.1. The van der Waals surface area contributed by atoms with E-state index in [1.54, 1.807) is 0 Å². The fraction of sp³-hybridized carbons (Fsp3) is 0.500. The van der Waals surface area contributed by atoms with E-state index in [1.165, 1.54) is 5.56 Å². The van der Waals surface area contributed by atoms with Crippen LogP contribution in [0.4, 0.5) is 0 Å². The van der Waals surface area contributed by atoms with Gasteiger partial charge in [0.25, 0.3) is 5.89 Å². The van der Waals surface area contributed by atoms with Gasteiger partial charge in [-0.05, 0) is 55.4 Å². The van der Waals surface area contributed by atoms with Crippen LogP contribution in [0.2, 0.25) is 0 Å². The Morgan fingerprint density at radius 2 is 2.19 bits per heavy atom. The highest BCUT2D eigenvalue weighted by Crippen LogP contribution is 2.38. The van der Waals surface area contributed by atoms with Crippen LogP contribution in [0.15, 0.2) is 22.7 Å². The maximum absolute atomic E-state index is 10.0. The van der Waals surface area contributed by atoms with E-state index in [2.05, 4.69) is 10.1 Å². The van der Waals surface area contributed by atoms with Gasteiger partial charge in [-0.2, -0.15) is 4.98 Å². The number of fused-ring (bicyclic) bond motifs is 1. The van der Waals surface area contributed by atoms with Crippen LogP contribution < -0.4 is 4.74 Å². The molecular formula is C16H18N2O3. The number of nitrogens with zero attached hydrogens (tertiary/aromatic N) is 2. The molecule has 1 atom stereocenters. The van der Waals surface area contributed by atoms with Crippen LogP contribution in [-0.4, -0.2) is 15.2 Å². The number of rotatable bonds is 4. The molecule has 5 nitrogen and oxygen atoms in total. The van der Waals surface area contributed by atoms with E-state index in [1.807, 2.05) is 18.2 Å². The lowest BCUT2D eigenvalue weighted by molar-refractivity contribution is 0.155. The average molecular weight is 286 g/mol. The molecule has 2 aliphatic rings. The molecule has 0 amide bonds. The molecule has 2 aliphatic carbocycles. The Balaban J connectivity index is 1.45. The summed E-state index contributed by atoms with van der Waals surface area (Å²) in [5.74, 6) is 2.53. The highest BCUT2D eigenvalue weighted by Gasteiger charge is 2.28. The lowest BCUT2D eigenvalue weighted by Crippen LogP contribution is -2.09. The maximum atomic E-state index is 10.0. The van der Waals surface area contributed by atoms with Crippen molar-refractivity contribution in [1.82, 2.24) is 10.1 Å². The summed E-state index contributed by atoms with van der Waals surface area (Å²) in [6.07, 6.45) is 4.83. The van der Waals surface area contributed by atoms with E-state index in [0.29, 0.717) is 11.8 Å². The number of hydrogen-bond donors (Lipinski definition) is 1. The third-order valence-corrected chi connectivity index (χ3v) is 4.19. The monoisotopic (exact) mass is 286 g/mol.